The van der Waals surface area contributed by atoms with Crippen molar-refractivity contribution >= 4 is 11.7 Å². The van der Waals surface area contributed by atoms with Gasteiger partial charge in [-0.15, -0.1) is 0 Å². The first-order chi connectivity index (χ1) is 9.31. The Morgan fingerprint density at radius 3 is 2.20 bits per heavy atom. The SMILES string of the molecule is Cc1ccc(C(=O)C(C)N(C)CC(=O)NC(C)C)cc1. The van der Waals surface area contributed by atoms with E-state index in [1.165, 1.54) is 0 Å². The molecule has 110 valence electrons. The Bertz CT molecular complexity index is 466. The molecule has 0 spiro atoms. The van der Waals surface area contributed by atoms with Crippen molar-refractivity contribution in [3.8, 4) is 0 Å². The lowest BCUT2D eigenvalue weighted by Crippen LogP contribution is -2.44. The Morgan fingerprint density at radius 2 is 1.70 bits per heavy atom. The summed E-state index contributed by atoms with van der Waals surface area (Å²) in [6, 6.07) is 7.29. The molecule has 0 radical (unpaired) electrons. The van der Waals surface area contributed by atoms with E-state index in [0.29, 0.717) is 5.56 Å². The van der Waals surface area contributed by atoms with Gasteiger partial charge in [-0.3, -0.25) is 14.5 Å². The fraction of sp³-hybridized carbons (Fsp3) is 0.500. The molecular weight excluding hydrogens is 252 g/mol. The Kier molecular flexibility index (Phi) is 5.89. The van der Waals surface area contributed by atoms with E-state index in [1.807, 2.05) is 52.0 Å². The average molecular weight is 276 g/mol. The van der Waals surface area contributed by atoms with Gasteiger partial charge in [0.15, 0.2) is 5.78 Å². The smallest absolute Gasteiger partial charge is 0.234 e. The minimum atomic E-state index is -0.324. The van der Waals surface area contributed by atoms with Crippen molar-refractivity contribution in [2.24, 2.45) is 0 Å². The van der Waals surface area contributed by atoms with E-state index in [-0.39, 0.29) is 30.3 Å². The molecule has 1 atom stereocenters. The maximum absolute atomic E-state index is 12.3. The third-order valence-electron chi connectivity index (χ3n) is 3.22. The Labute approximate surface area is 121 Å². The van der Waals surface area contributed by atoms with Crippen LogP contribution in [0.2, 0.25) is 0 Å². The van der Waals surface area contributed by atoms with Crippen molar-refractivity contribution in [1.82, 2.24) is 10.2 Å². The number of rotatable bonds is 6. The molecule has 1 aromatic carbocycles. The molecule has 0 aliphatic rings. The van der Waals surface area contributed by atoms with Gasteiger partial charge in [-0.1, -0.05) is 29.8 Å². The van der Waals surface area contributed by atoms with E-state index in [4.69, 9.17) is 0 Å². The fourth-order valence-corrected chi connectivity index (χ4v) is 1.89. The summed E-state index contributed by atoms with van der Waals surface area (Å²) in [6.45, 7) is 7.86. The van der Waals surface area contributed by atoms with Crippen LogP contribution in [0.1, 0.15) is 36.7 Å². The molecule has 0 saturated carbocycles. The second-order valence-corrected chi connectivity index (χ2v) is 5.54. The van der Waals surface area contributed by atoms with E-state index in [9.17, 15) is 9.59 Å². The third-order valence-corrected chi connectivity index (χ3v) is 3.22. The molecule has 0 fully saturated rings. The molecule has 0 aliphatic heterocycles. The summed E-state index contributed by atoms with van der Waals surface area (Å²) < 4.78 is 0. The average Bonchev–Trinajstić information content (AvgIpc) is 2.36. The van der Waals surface area contributed by atoms with E-state index >= 15 is 0 Å². The maximum atomic E-state index is 12.3. The zero-order valence-electron chi connectivity index (χ0n) is 12.9. The highest BCUT2D eigenvalue weighted by molar-refractivity contribution is 6.00. The molecule has 0 heterocycles. The maximum Gasteiger partial charge on any atom is 0.234 e. The summed E-state index contributed by atoms with van der Waals surface area (Å²) >= 11 is 0. The molecule has 0 aromatic heterocycles. The lowest BCUT2D eigenvalue weighted by atomic mass is 10.0. The zero-order valence-corrected chi connectivity index (χ0v) is 12.9. The minimum Gasteiger partial charge on any atom is -0.353 e. The van der Waals surface area contributed by atoms with Crippen LogP contribution in [0.25, 0.3) is 0 Å². The number of amides is 1. The molecule has 0 saturated heterocycles. The normalized spacial score (nSPS) is 12.6. The van der Waals surface area contributed by atoms with E-state index < -0.39 is 0 Å². The number of Topliss-reactive ketones (excluding diaryl/α,β-unsaturated/α-hetero) is 1. The number of hydrogen-bond acceptors (Lipinski definition) is 3. The first-order valence-corrected chi connectivity index (χ1v) is 6.91. The molecule has 1 N–H and O–H groups in total. The molecule has 1 unspecified atom stereocenters. The standard InChI is InChI=1S/C16H24N2O2/c1-11(2)17-15(19)10-18(5)13(4)16(20)14-8-6-12(3)7-9-14/h6-9,11,13H,10H2,1-5H3,(H,17,19). The lowest BCUT2D eigenvalue weighted by Gasteiger charge is -2.23. The molecule has 1 amide bonds. The Hall–Kier alpha value is -1.68. The van der Waals surface area contributed by atoms with E-state index in [0.717, 1.165) is 5.56 Å². The molecule has 0 bridgehead atoms. The second-order valence-electron chi connectivity index (χ2n) is 5.54. The molecule has 0 aliphatic carbocycles. The van der Waals surface area contributed by atoms with Gasteiger partial charge in [0.1, 0.15) is 0 Å². The summed E-state index contributed by atoms with van der Waals surface area (Å²) in [5, 5.41) is 2.82. The van der Waals surface area contributed by atoms with Crippen molar-refractivity contribution in [1.29, 1.82) is 0 Å². The highest BCUT2D eigenvalue weighted by Gasteiger charge is 2.21. The van der Waals surface area contributed by atoms with Crippen molar-refractivity contribution in [2.45, 2.75) is 39.8 Å². The number of nitrogens with one attached hydrogen (secondary N) is 1. The topological polar surface area (TPSA) is 49.4 Å². The van der Waals surface area contributed by atoms with Crippen LogP contribution < -0.4 is 5.32 Å². The summed E-state index contributed by atoms with van der Waals surface area (Å²) in [5.74, 6) is -0.0316. The van der Waals surface area contributed by atoms with Crippen molar-refractivity contribution in [3.05, 3.63) is 35.4 Å². The van der Waals surface area contributed by atoms with Gasteiger partial charge in [0.25, 0.3) is 0 Å². The highest BCUT2D eigenvalue weighted by Crippen LogP contribution is 2.09. The van der Waals surface area contributed by atoms with Crippen molar-refractivity contribution in [3.63, 3.8) is 0 Å². The van der Waals surface area contributed by atoms with Crippen LogP contribution in [0.3, 0.4) is 0 Å². The van der Waals surface area contributed by atoms with Gasteiger partial charge >= 0.3 is 0 Å². The monoisotopic (exact) mass is 276 g/mol. The zero-order chi connectivity index (χ0) is 15.3. The number of nitrogens with zero attached hydrogens (tertiary/aromatic N) is 1. The quantitative estimate of drug-likeness (QED) is 0.809. The number of benzene rings is 1. The summed E-state index contributed by atoms with van der Waals surface area (Å²) in [5.41, 5.74) is 1.80. The Balaban J connectivity index is 2.64. The van der Waals surface area contributed by atoms with Crippen molar-refractivity contribution in [2.75, 3.05) is 13.6 Å². The number of carbonyl (C=O) groups excluding carboxylic acids is 2. The number of aryl methyl sites for hydroxylation is 1. The summed E-state index contributed by atoms with van der Waals surface area (Å²) in [7, 11) is 1.79. The van der Waals surface area contributed by atoms with Crippen molar-refractivity contribution < 1.29 is 9.59 Å². The van der Waals surface area contributed by atoms with Crippen LogP contribution in [0.15, 0.2) is 24.3 Å². The summed E-state index contributed by atoms with van der Waals surface area (Å²) in [4.78, 5) is 25.8. The van der Waals surface area contributed by atoms with Gasteiger partial charge in [0, 0.05) is 11.6 Å². The minimum absolute atomic E-state index is 0.0323. The predicted octanol–water partition coefficient (Wildman–Crippen LogP) is 2.02. The van der Waals surface area contributed by atoms with Gasteiger partial charge in [-0.2, -0.15) is 0 Å². The van der Waals surface area contributed by atoms with Crippen LogP contribution in [0.4, 0.5) is 0 Å². The first kappa shape index (κ1) is 16.4. The third kappa shape index (κ3) is 4.78. The predicted molar refractivity (Wildman–Crippen MR) is 80.9 cm³/mol. The molecule has 4 nitrogen and oxygen atoms in total. The molecular formula is C16H24N2O2. The summed E-state index contributed by atoms with van der Waals surface area (Å²) in [6.07, 6.45) is 0. The Morgan fingerprint density at radius 1 is 1.15 bits per heavy atom. The molecule has 4 heteroatoms. The van der Waals surface area contributed by atoms with Gasteiger partial charge < -0.3 is 5.32 Å². The first-order valence-electron chi connectivity index (χ1n) is 6.91. The van der Waals surface area contributed by atoms with Gasteiger partial charge in [-0.25, -0.2) is 0 Å². The van der Waals surface area contributed by atoms with Crippen LogP contribution in [-0.4, -0.2) is 42.3 Å². The highest BCUT2D eigenvalue weighted by atomic mass is 16.2. The number of carbonyl (C=O) groups is 2. The number of ketones is 1. The van der Waals surface area contributed by atoms with Crippen LogP contribution >= 0.6 is 0 Å². The fourth-order valence-electron chi connectivity index (χ4n) is 1.89. The van der Waals surface area contributed by atoms with Gasteiger partial charge in [0.05, 0.1) is 12.6 Å². The van der Waals surface area contributed by atoms with Crippen LogP contribution in [0.5, 0.6) is 0 Å². The van der Waals surface area contributed by atoms with Gasteiger partial charge in [-0.05, 0) is 34.7 Å². The second kappa shape index (κ2) is 7.20. The molecule has 1 rings (SSSR count). The van der Waals surface area contributed by atoms with Crippen LogP contribution in [-0.2, 0) is 4.79 Å². The largest absolute Gasteiger partial charge is 0.353 e. The van der Waals surface area contributed by atoms with E-state index in [1.54, 1.807) is 11.9 Å². The van der Waals surface area contributed by atoms with E-state index in [2.05, 4.69) is 5.32 Å². The van der Waals surface area contributed by atoms with Gasteiger partial charge in [0.2, 0.25) is 5.91 Å². The number of hydrogen-bond donors (Lipinski definition) is 1. The van der Waals surface area contributed by atoms with Crippen LogP contribution in [0, 0.1) is 6.92 Å². The molecule has 20 heavy (non-hydrogen) atoms. The number of likely N-dealkylation sites (N-methyl/N-ethyl adjacent to an activating group) is 1. The lowest BCUT2D eigenvalue weighted by molar-refractivity contribution is -0.122. The molecule has 1 aromatic rings.